The third-order valence-electron chi connectivity index (χ3n) is 4.28. The van der Waals surface area contributed by atoms with Crippen LogP contribution >= 0.6 is 0 Å². The third kappa shape index (κ3) is 4.75. The Balaban J connectivity index is 1.86. The predicted molar refractivity (Wildman–Crippen MR) is 98.2 cm³/mol. The Labute approximate surface area is 144 Å². The van der Waals surface area contributed by atoms with Gasteiger partial charge in [-0.05, 0) is 35.7 Å². The summed E-state index contributed by atoms with van der Waals surface area (Å²) in [6, 6.07) is 15.6. The molecule has 128 valence electrons. The maximum Gasteiger partial charge on any atom is 0.220 e. The van der Waals surface area contributed by atoms with Gasteiger partial charge in [0, 0.05) is 24.1 Å². The fourth-order valence-corrected chi connectivity index (χ4v) is 2.56. The van der Waals surface area contributed by atoms with Crippen molar-refractivity contribution in [2.24, 2.45) is 0 Å². The lowest BCUT2D eigenvalue weighted by atomic mass is 9.84. The highest BCUT2D eigenvalue weighted by atomic mass is 16.5. The van der Waals surface area contributed by atoms with Gasteiger partial charge in [0.15, 0.2) is 0 Å². The topological polar surface area (TPSA) is 64.3 Å². The second kappa shape index (κ2) is 7.86. The van der Waals surface area contributed by atoms with Crippen molar-refractivity contribution in [2.75, 3.05) is 19.4 Å². The van der Waals surface area contributed by atoms with E-state index in [0.29, 0.717) is 19.4 Å². The molecule has 0 atom stereocenters. The SMILES string of the molecule is COc1ccc(C(C)(C)CNC(=O)CCc2ccccc2N)cc1. The second-order valence-electron chi connectivity index (χ2n) is 6.59. The number of carbonyl (C=O) groups is 1. The summed E-state index contributed by atoms with van der Waals surface area (Å²) in [4.78, 5) is 12.1. The number of benzene rings is 2. The zero-order valence-corrected chi connectivity index (χ0v) is 14.6. The first-order chi connectivity index (χ1) is 11.4. The molecule has 0 aliphatic carbocycles. The molecule has 4 heteroatoms. The quantitative estimate of drug-likeness (QED) is 0.767. The summed E-state index contributed by atoms with van der Waals surface area (Å²) in [5.74, 6) is 0.874. The van der Waals surface area contributed by atoms with Gasteiger partial charge in [0.1, 0.15) is 5.75 Å². The van der Waals surface area contributed by atoms with E-state index >= 15 is 0 Å². The summed E-state index contributed by atoms with van der Waals surface area (Å²) >= 11 is 0. The zero-order chi connectivity index (χ0) is 17.6. The minimum atomic E-state index is -0.145. The molecule has 2 aromatic carbocycles. The molecule has 0 bridgehead atoms. The van der Waals surface area contributed by atoms with Gasteiger partial charge in [0.05, 0.1) is 7.11 Å². The van der Waals surface area contributed by atoms with E-state index < -0.39 is 0 Å². The molecular formula is C20H26N2O2. The van der Waals surface area contributed by atoms with Crippen LogP contribution in [0.3, 0.4) is 0 Å². The highest BCUT2D eigenvalue weighted by molar-refractivity contribution is 5.76. The summed E-state index contributed by atoms with van der Waals surface area (Å²) in [6.07, 6.45) is 1.09. The van der Waals surface area contributed by atoms with Gasteiger partial charge >= 0.3 is 0 Å². The number of carbonyl (C=O) groups excluding carboxylic acids is 1. The van der Waals surface area contributed by atoms with E-state index in [0.717, 1.165) is 22.6 Å². The molecule has 0 radical (unpaired) electrons. The van der Waals surface area contributed by atoms with Crippen molar-refractivity contribution in [1.29, 1.82) is 0 Å². The number of nitrogens with one attached hydrogen (secondary N) is 1. The van der Waals surface area contributed by atoms with Crippen molar-refractivity contribution in [3.8, 4) is 5.75 Å². The molecule has 0 saturated carbocycles. The van der Waals surface area contributed by atoms with Gasteiger partial charge in [0.2, 0.25) is 5.91 Å². The number of hydrogen-bond donors (Lipinski definition) is 2. The smallest absolute Gasteiger partial charge is 0.220 e. The Bertz CT molecular complexity index is 678. The maximum absolute atomic E-state index is 12.1. The largest absolute Gasteiger partial charge is 0.497 e. The van der Waals surface area contributed by atoms with Crippen molar-refractivity contribution >= 4 is 11.6 Å². The van der Waals surface area contributed by atoms with Crippen LogP contribution in [0, 0.1) is 0 Å². The number of ether oxygens (including phenoxy) is 1. The minimum Gasteiger partial charge on any atom is -0.497 e. The second-order valence-corrected chi connectivity index (χ2v) is 6.59. The van der Waals surface area contributed by atoms with Crippen LogP contribution in [0.2, 0.25) is 0 Å². The Hall–Kier alpha value is -2.49. The van der Waals surface area contributed by atoms with Gasteiger partial charge in [-0.1, -0.05) is 44.2 Å². The Kier molecular flexibility index (Phi) is 5.85. The Morgan fingerprint density at radius 2 is 1.79 bits per heavy atom. The maximum atomic E-state index is 12.1. The van der Waals surface area contributed by atoms with Crippen LogP contribution in [0.5, 0.6) is 5.75 Å². The van der Waals surface area contributed by atoms with E-state index in [-0.39, 0.29) is 11.3 Å². The van der Waals surface area contributed by atoms with E-state index in [1.54, 1.807) is 7.11 Å². The van der Waals surface area contributed by atoms with Crippen molar-refractivity contribution in [2.45, 2.75) is 32.1 Å². The van der Waals surface area contributed by atoms with Crippen LogP contribution in [-0.4, -0.2) is 19.6 Å². The first kappa shape index (κ1) is 17.9. The summed E-state index contributed by atoms with van der Waals surface area (Å²) in [5, 5.41) is 3.03. The Morgan fingerprint density at radius 3 is 2.42 bits per heavy atom. The number of methoxy groups -OCH3 is 1. The molecular weight excluding hydrogens is 300 g/mol. The van der Waals surface area contributed by atoms with E-state index in [4.69, 9.17) is 10.5 Å². The monoisotopic (exact) mass is 326 g/mol. The van der Waals surface area contributed by atoms with Crippen LogP contribution in [-0.2, 0) is 16.6 Å². The van der Waals surface area contributed by atoms with Crippen LogP contribution in [0.25, 0.3) is 0 Å². The summed E-state index contributed by atoms with van der Waals surface area (Å²) in [5.41, 5.74) is 8.68. The predicted octanol–water partition coefficient (Wildman–Crippen LogP) is 3.30. The van der Waals surface area contributed by atoms with Crippen LogP contribution in [0.1, 0.15) is 31.4 Å². The number of nitrogen functional groups attached to an aromatic ring is 1. The summed E-state index contributed by atoms with van der Waals surface area (Å²) < 4.78 is 5.18. The van der Waals surface area contributed by atoms with Gasteiger partial charge in [0.25, 0.3) is 0 Å². The van der Waals surface area contributed by atoms with E-state index in [1.165, 1.54) is 0 Å². The average Bonchev–Trinajstić information content (AvgIpc) is 2.59. The first-order valence-electron chi connectivity index (χ1n) is 8.17. The fourth-order valence-electron chi connectivity index (χ4n) is 2.56. The minimum absolute atomic E-state index is 0.0415. The standard InChI is InChI=1S/C20H26N2O2/c1-20(2,16-9-11-17(24-3)12-10-16)14-22-19(23)13-8-15-6-4-5-7-18(15)21/h4-7,9-12H,8,13-14,21H2,1-3H3,(H,22,23). The molecule has 0 aliphatic rings. The van der Waals surface area contributed by atoms with Crippen LogP contribution in [0.4, 0.5) is 5.69 Å². The zero-order valence-electron chi connectivity index (χ0n) is 14.6. The molecule has 0 saturated heterocycles. The highest BCUT2D eigenvalue weighted by Crippen LogP contribution is 2.24. The molecule has 0 heterocycles. The van der Waals surface area contributed by atoms with Crippen molar-refractivity contribution in [1.82, 2.24) is 5.32 Å². The number of anilines is 1. The van der Waals surface area contributed by atoms with Crippen molar-refractivity contribution < 1.29 is 9.53 Å². The Morgan fingerprint density at radius 1 is 1.12 bits per heavy atom. The summed E-state index contributed by atoms with van der Waals surface area (Å²) in [7, 11) is 1.65. The van der Waals surface area contributed by atoms with Crippen molar-refractivity contribution in [3.05, 3.63) is 59.7 Å². The average molecular weight is 326 g/mol. The highest BCUT2D eigenvalue weighted by Gasteiger charge is 2.21. The number of para-hydroxylation sites is 1. The molecule has 24 heavy (non-hydrogen) atoms. The van der Waals surface area contributed by atoms with Gasteiger partial charge in [-0.15, -0.1) is 0 Å². The van der Waals surface area contributed by atoms with E-state index in [9.17, 15) is 4.79 Å². The molecule has 0 unspecified atom stereocenters. The molecule has 0 spiro atoms. The molecule has 0 aromatic heterocycles. The molecule has 0 fully saturated rings. The number of amides is 1. The molecule has 2 aromatic rings. The van der Waals surface area contributed by atoms with E-state index in [1.807, 2.05) is 48.5 Å². The molecule has 0 aliphatic heterocycles. The van der Waals surface area contributed by atoms with Gasteiger partial charge in [-0.25, -0.2) is 0 Å². The normalized spacial score (nSPS) is 11.1. The molecule has 1 amide bonds. The molecule has 4 nitrogen and oxygen atoms in total. The number of nitrogens with two attached hydrogens (primary N) is 1. The number of hydrogen-bond acceptors (Lipinski definition) is 3. The number of aryl methyl sites for hydroxylation is 1. The van der Waals surface area contributed by atoms with Gasteiger partial charge < -0.3 is 15.8 Å². The van der Waals surface area contributed by atoms with Crippen LogP contribution in [0.15, 0.2) is 48.5 Å². The molecule has 3 N–H and O–H groups in total. The first-order valence-corrected chi connectivity index (χ1v) is 8.17. The fraction of sp³-hybridized carbons (Fsp3) is 0.350. The van der Waals surface area contributed by atoms with Gasteiger partial charge in [-0.3, -0.25) is 4.79 Å². The lowest BCUT2D eigenvalue weighted by Gasteiger charge is -2.26. The lowest BCUT2D eigenvalue weighted by Crippen LogP contribution is -2.36. The van der Waals surface area contributed by atoms with Gasteiger partial charge in [-0.2, -0.15) is 0 Å². The third-order valence-corrected chi connectivity index (χ3v) is 4.28. The van der Waals surface area contributed by atoms with E-state index in [2.05, 4.69) is 19.2 Å². The summed E-state index contributed by atoms with van der Waals surface area (Å²) in [6.45, 7) is 4.82. The van der Waals surface area contributed by atoms with Crippen LogP contribution < -0.4 is 15.8 Å². The number of rotatable bonds is 7. The molecule has 2 rings (SSSR count). The lowest BCUT2D eigenvalue weighted by molar-refractivity contribution is -0.121. The van der Waals surface area contributed by atoms with Crippen molar-refractivity contribution in [3.63, 3.8) is 0 Å².